The number of fused-ring (bicyclic) bond motifs is 1. The Bertz CT molecular complexity index is 578. The first kappa shape index (κ1) is 12.4. The van der Waals surface area contributed by atoms with Crippen LogP contribution in [0.25, 0.3) is 10.8 Å². The van der Waals surface area contributed by atoms with E-state index in [1.807, 2.05) is 19.1 Å². The van der Waals surface area contributed by atoms with Crippen LogP contribution in [-0.4, -0.2) is 19.1 Å². The maximum absolute atomic E-state index is 11.5. The lowest BCUT2D eigenvalue weighted by atomic mass is 10.0. The zero-order chi connectivity index (χ0) is 13.1. The molecule has 2 aromatic carbocycles. The Morgan fingerprint density at radius 2 is 1.94 bits per heavy atom. The third kappa shape index (κ3) is 2.30. The van der Waals surface area contributed by atoms with E-state index in [4.69, 9.17) is 4.74 Å². The van der Waals surface area contributed by atoms with E-state index < -0.39 is 0 Å². The molecule has 3 nitrogen and oxygen atoms in total. The van der Waals surface area contributed by atoms with E-state index in [2.05, 4.69) is 29.6 Å². The summed E-state index contributed by atoms with van der Waals surface area (Å²) >= 11 is 0. The molecular weight excluding hydrogens is 226 g/mol. The zero-order valence-corrected chi connectivity index (χ0v) is 10.9. The summed E-state index contributed by atoms with van der Waals surface area (Å²) in [5, 5.41) is 5.50. The average molecular weight is 243 g/mol. The van der Waals surface area contributed by atoms with E-state index in [1.165, 1.54) is 7.11 Å². The van der Waals surface area contributed by atoms with Crippen molar-refractivity contribution in [3.8, 4) is 0 Å². The van der Waals surface area contributed by atoms with E-state index in [-0.39, 0.29) is 12.0 Å². The highest BCUT2D eigenvalue weighted by atomic mass is 16.5. The minimum absolute atomic E-state index is 0.262. The number of ether oxygens (including phenoxy) is 1. The van der Waals surface area contributed by atoms with Gasteiger partial charge in [-0.15, -0.1) is 0 Å². The standard InChI is InChI=1S/C15H17NO2/c1-10-8-9-12-6-4-5-7-13(12)14(10)16-11(2)15(17)18-3/h4-9,11,16H,1-3H3/t11-/m0/s1. The summed E-state index contributed by atoms with van der Waals surface area (Å²) < 4.78 is 4.73. The molecule has 94 valence electrons. The van der Waals surface area contributed by atoms with Crippen LogP contribution in [-0.2, 0) is 9.53 Å². The van der Waals surface area contributed by atoms with Crippen LogP contribution in [0.1, 0.15) is 12.5 Å². The normalized spacial score (nSPS) is 12.2. The number of nitrogens with one attached hydrogen (secondary N) is 1. The van der Waals surface area contributed by atoms with E-state index in [9.17, 15) is 4.79 Å². The topological polar surface area (TPSA) is 38.3 Å². The van der Waals surface area contributed by atoms with Crippen LogP contribution in [0.3, 0.4) is 0 Å². The molecule has 18 heavy (non-hydrogen) atoms. The molecule has 0 bridgehead atoms. The van der Waals surface area contributed by atoms with Crippen molar-refractivity contribution < 1.29 is 9.53 Å². The van der Waals surface area contributed by atoms with Gasteiger partial charge in [-0.25, -0.2) is 4.79 Å². The number of esters is 1. The van der Waals surface area contributed by atoms with E-state index in [0.717, 1.165) is 22.0 Å². The lowest BCUT2D eigenvalue weighted by Gasteiger charge is -2.17. The molecule has 0 amide bonds. The highest BCUT2D eigenvalue weighted by Crippen LogP contribution is 2.27. The molecule has 0 fully saturated rings. The van der Waals surface area contributed by atoms with Crippen LogP contribution >= 0.6 is 0 Å². The third-order valence-corrected chi connectivity index (χ3v) is 3.05. The monoisotopic (exact) mass is 243 g/mol. The summed E-state index contributed by atoms with van der Waals surface area (Å²) in [5.74, 6) is -0.262. The summed E-state index contributed by atoms with van der Waals surface area (Å²) in [7, 11) is 1.40. The van der Waals surface area contributed by atoms with Crippen molar-refractivity contribution in [3.05, 3.63) is 42.0 Å². The Morgan fingerprint density at radius 1 is 1.22 bits per heavy atom. The van der Waals surface area contributed by atoms with Crippen molar-refractivity contribution in [2.75, 3.05) is 12.4 Å². The summed E-state index contributed by atoms with van der Waals surface area (Å²) in [6.45, 7) is 3.83. The Morgan fingerprint density at radius 3 is 2.67 bits per heavy atom. The Hall–Kier alpha value is -2.03. The van der Waals surface area contributed by atoms with Crippen molar-refractivity contribution >= 4 is 22.4 Å². The van der Waals surface area contributed by atoms with Crippen molar-refractivity contribution in [1.29, 1.82) is 0 Å². The summed E-state index contributed by atoms with van der Waals surface area (Å²) in [6.07, 6.45) is 0. The fraction of sp³-hybridized carbons (Fsp3) is 0.267. The minimum Gasteiger partial charge on any atom is -0.467 e. The lowest BCUT2D eigenvalue weighted by molar-refractivity contribution is -0.141. The molecule has 0 saturated heterocycles. The molecule has 0 aliphatic heterocycles. The molecule has 0 saturated carbocycles. The predicted molar refractivity (Wildman–Crippen MR) is 73.8 cm³/mol. The zero-order valence-electron chi connectivity index (χ0n) is 10.9. The molecule has 0 radical (unpaired) electrons. The Labute approximate surface area is 107 Å². The molecule has 0 heterocycles. The van der Waals surface area contributed by atoms with E-state index in [0.29, 0.717) is 0 Å². The fourth-order valence-electron chi connectivity index (χ4n) is 2.02. The molecule has 0 aromatic heterocycles. The molecule has 0 aliphatic rings. The Balaban J connectivity index is 2.43. The van der Waals surface area contributed by atoms with Gasteiger partial charge in [-0.1, -0.05) is 36.4 Å². The second-order valence-corrected chi connectivity index (χ2v) is 4.37. The van der Waals surface area contributed by atoms with Gasteiger partial charge in [-0.05, 0) is 24.8 Å². The molecule has 2 aromatic rings. The predicted octanol–water partition coefficient (Wildman–Crippen LogP) is 3.12. The second-order valence-electron chi connectivity index (χ2n) is 4.37. The van der Waals surface area contributed by atoms with Gasteiger partial charge in [0.15, 0.2) is 0 Å². The molecule has 2 rings (SSSR count). The van der Waals surface area contributed by atoms with Crippen LogP contribution in [0.15, 0.2) is 36.4 Å². The van der Waals surface area contributed by atoms with Crippen LogP contribution in [0.4, 0.5) is 5.69 Å². The first-order chi connectivity index (χ1) is 8.63. The maximum atomic E-state index is 11.5. The van der Waals surface area contributed by atoms with Gasteiger partial charge in [-0.3, -0.25) is 0 Å². The van der Waals surface area contributed by atoms with Crippen LogP contribution in [0.2, 0.25) is 0 Å². The van der Waals surface area contributed by atoms with E-state index >= 15 is 0 Å². The number of hydrogen-bond acceptors (Lipinski definition) is 3. The summed E-state index contributed by atoms with van der Waals surface area (Å²) in [4.78, 5) is 11.5. The number of benzene rings is 2. The van der Waals surface area contributed by atoms with Gasteiger partial charge in [0.05, 0.1) is 7.11 Å². The number of rotatable bonds is 3. The molecular formula is C15H17NO2. The van der Waals surface area contributed by atoms with Crippen molar-refractivity contribution in [1.82, 2.24) is 0 Å². The molecule has 1 N–H and O–H groups in total. The lowest BCUT2D eigenvalue weighted by Crippen LogP contribution is -2.27. The van der Waals surface area contributed by atoms with Crippen molar-refractivity contribution in [2.24, 2.45) is 0 Å². The number of carbonyl (C=O) groups excluding carboxylic acids is 1. The van der Waals surface area contributed by atoms with Gasteiger partial charge >= 0.3 is 5.97 Å². The van der Waals surface area contributed by atoms with Crippen molar-refractivity contribution in [3.63, 3.8) is 0 Å². The van der Waals surface area contributed by atoms with Crippen molar-refractivity contribution in [2.45, 2.75) is 19.9 Å². The highest BCUT2D eigenvalue weighted by molar-refractivity contribution is 5.96. The summed E-state index contributed by atoms with van der Waals surface area (Å²) in [6, 6.07) is 11.9. The summed E-state index contributed by atoms with van der Waals surface area (Å²) in [5.41, 5.74) is 2.11. The average Bonchev–Trinajstić information content (AvgIpc) is 2.41. The number of hydrogen-bond donors (Lipinski definition) is 1. The fourth-order valence-corrected chi connectivity index (χ4v) is 2.02. The Kier molecular flexibility index (Phi) is 3.51. The van der Waals surface area contributed by atoms with Gasteiger partial charge in [-0.2, -0.15) is 0 Å². The number of carbonyl (C=O) groups is 1. The van der Waals surface area contributed by atoms with Gasteiger partial charge in [0.1, 0.15) is 6.04 Å². The number of aryl methyl sites for hydroxylation is 1. The third-order valence-electron chi connectivity index (χ3n) is 3.05. The first-order valence-corrected chi connectivity index (χ1v) is 5.96. The van der Waals surface area contributed by atoms with Crippen LogP contribution in [0, 0.1) is 6.92 Å². The number of anilines is 1. The molecule has 0 unspecified atom stereocenters. The van der Waals surface area contributed by atoms with Crippen LogP contribution in [0.5, 0.6) is 0 Å². The van der Waals surface area contributed by atoms with E-state index in [1.54, 1.807) is 6.92 Å². The maximum Gasteiger partial charge on any atom is 0.327 e. The largest absolute Gasteiger partial charge is 0.467 e. The molecule has 3 heteroatoms. The quantitative estimate of drug-likeness (QED) is 0.842. The van der Waals surface area contributed by atoms with Crippen LogP contribution < -0.4 is 5.32 Å². The highest BCUT2D eigenvalue weighted by Gasteiger charge is 2.14. The minimum atomic E-state index is -0.362. The van der Waals surface area contributed by atoms with Gasteiger partial charge in [0, 0.05) is 11.1 Å². The first-order valence-electron chi connectivity index (χ1n) is 5.96. The molecule has 0 spiro atoms. The SMILES string of the molecule is COC(=O)[C@H](C)Nc1c(C)ccc2ccccc12. The second kappa shape index (κ2) is 5.08. The smallest absolute Gasteiger partial charge is 0.327 e. The van der Waals surface area contributed by atoms with Gasteiger partial charge in [0.2, 0.25) is 0 Å². The van der Waals surface area contributed by atoms with Gasteiger partial charge < -0.3 is 10.1 Å². The molecule has 1 atom stereocenters. The molecule has 0 aliphatic carbocycles. The van der Waals surface area contributed by atoms with Gasteiger partial charge in [0.25, 0.3) is 0 Å². The number of methoxy groups -OCH3 is 1.